The van der Waals surface area contributed by atoms with E-state index in [4.69, 9.17) is 9.47 Å². The Balaban J connectivity index is 2.88. The van der Waals surface area contributed by atoms with Gasteiger partial charge in [-0.25, -0.2) is 13.6 Å². The maximum Gasteiger partial charge on any atom is 0.408 e. The van der Waals surface area contributed by atoms with Gasteiger partial charge in [0.1, 0.15) is 17.9 Å². The zero-order chi connectivity index (χ0) is 17.8. The first-order valence-electron chi connectivity index (χ1n) is 7.44. The van der Waals surface area contributed by atoms with Crippen LogP contribution in [0.15, 0.2) is 0 Å². The molecule has 2 unspecified atom stereocenters. The van der Waals surface area contributed by atoms with Crippen LogP contribution in [0.5, 0.6) is 0 Å². The fourth-order valence-corrected chi connectivity index (χ4v) is 2.06. The van der Waals surface area contributed by atoms with Gasteiger partial charge in [0.25, 0.3) is 5.92 Å². The van der Waals surface area contributed by atoms with Gasteiger partial charge in [0, 0.05) is 6.42 Å². The molecule has 0 aromatic heterocycles. The number of hydrogen-bond donors (Lipinski definition) is 3. The molecule has 9 heteroatoms. The summed E-state index contributed by atoms with van der Waals surface area (Å²) in [7, 11) is 0. The second-order valence-electron chi connectivity index (χ2n) is 6.42. The molecule has 0 aliphatic carbocycles. The van der Waals surface area contributed by atoms with Gasteiger partial charge in [-0.1, -0.05) is 6.92 Å². The minimum absolute atomic E-state index is 0.0325. The average Bonchev–Trinajstić information content (AvgIpc) is 2.36. The van der Waals surface area contributed by atoms with Crippen LogP contribution >= 0.6 is 0 Å². The summed E-state index contributed by atoms with van der Waals surface area (Å²) in [6, 6.07) is -1.53. The largest absolute Gasteiger partial charge is 0.453 e. The number of halogens is 2. The molecule has 1 heterocycles. The van der Waals surface area contributed by atoms with E-state index in [0.717, 1.165) is 0 Å². The predicted octanol–water partition coefficient (Wildman–Crippen LogP) is 1.15. The SMILES string of the molecule is CCCC(=O)OC1[C@H](NC(=O)OC(C)(C)C)C(O)NCC1(F)F. The van der Waals surface area contributed by atoms with Crippen molar-refractivity contribution >= 4 is 12.1 Å². The van der Waals surface area contributed by atoms with Crippen molar-refractivity contribution in [3.8, 4) is 0 Å². The van der Waals surface area contributed by atoms with Crippen molar-refractivity contribution in [1.82, 2.24) is 10.6 Å². The van der Waals surface area contributed by atoms with Crippen molar-refractivity contribution in [3.63, 3.8) is 0 Å². The van der Waals surface area contributed by atoms with Crippen LogP contribution in [0, 0.1) is 0 Å². The molecule has 1 aliphatic rings. The number of carbonyl (C=O) groups is 2. The highest BCUT2D eigenvalue weighted by molar-refractivity contribution is 5.70. The minimum Gasteiger partial charge on any atom is -0.453 e. The predicted molar refractivity (Wildman–Crippen MR) is 76.9 cm³/mol. The summed E-state index contributed by atoms with van der Waals surface area (Å²) >= 11 is 0. The monoisotopic (exact) mass is 338 g/mol. The summed E-state index contributed by atoms with van der Waals surface area (Å²) in [6.07, 6.45) is -4.07. The first-order chi connectivity index (χ1) is 10.5. The van der Waals surface area contributed by atoms with Crippen LogP contribution < -0.4 is 10.6 Å². The topological polar surface area (TPSA) is 96.9 Å². The van der Waals surface area contributed by atoms with Gasteiger partial charge < -0.3 is 19.9 Å². The summed E-state index contributed by atoms with van der Waals surface area (Å²) in [5.41, 5.74) is -0.839. The number of esters is 1. The maximum atomic E-state index is 14.0. The van der Waals surface area contributed by atoms with E-state index < -0.39 is 48.5 Å². The van der Waals surface area contributed by atoms with E-state index in [-0.39, 0.29) is 6.42 Å². The Morgan fingerprint density at radius 3 is 2.52 bits per heavy atom. The molecule has 0 aromatic rings. The van der Waals surface area contributed by atoms with E-state index in [1.807, 2.05) is 0 Å². The molecule has 1 aliphatic heterocycles. The molecule has 0 saturated carbocycles. The van der Waals surface area contributed by atoms with Crippen LogP contribution in [0.2, 0.25) is 0 Å². The Morgan fingerprint density at radius 2 is 2.00 bits per heavy atom. The summed E-state index contributed by atoms with van der Waals surface area (Å²) in [4.78, 5) is 23.3. The molecule has 7 nitrogen and oxygen atoms in total. The van der Waals surface area contributed by atoms with Gasteiger partial charge in [-0.3, -0.25) is 10.1 Å². The van der Waals surface area contributed by atoms with Crippen molar-refractivity contribution in [2.45, 2.75) is 70.4 Å². The third-order valence-electron chi connectivity index (χ3n) is 3.03. The Kier molecular flexibility index (Phi) is 6.29. The van der Waals surface area contributed by atoms with Gasteiger partial charge in [0.05, 0.1) is 6.54 Å². The van der Waals surface area contributed by atoms with Crippen LogP contribution in [-0.2, 0) is 14.3 Å². The van der Waals surface area contributed by atoms with Gasteiger partial charge >= 0.3 is 12.1 Å². The summed E-state index contributed by atoms with van der Waals surface area (Å²) in [6.45, 7) is 5.65. The number of aliphatic hydroxyl groups excluding tert-OH is 1. The number of aliphatic hydroxyl groups is 1. The minimum atomic E-state index is -3.44. The molecular weight excluding hydrogens is 314 g/mol. The Bertz CT molecular complexity index is 439. The van der Waals surface area contributed by atoms with Crippen molar-refractivity contribution < 1.29 is 33.0 Å². The van der Waals surface area contributed by atoms with E-state index in [2.05, 4.69) is 10.6 Å². The number of ether oxygens (including phenoxy) is 2. The molecule has 3 atom stereocenters. The lowest BCUT2D eigenvalue weighted by Crippen LogP contribution is -2.69. The molecule has 3 N–H and O–H groups in total. The molecule has 1 amide bonds. The molecule has 1 rings (SSSR count). The van der Waals surface area contributed by atoms with Gasteiger partial charge in [-0.2, -0.15) is 0 Å². The first kappa shape index (κ1) is 19.6. The average molecular weight is 338 g/mol. The quantitative estimate of drug-likeness (QED) is 0.666. The molecule has 1 fully saturated rings. The Hall–Kier alpha value is -1.48. The van der Waals surface area contributed by atoms with Crippen LogP contribution in [0.1, 0.15) is 40.5 Å². The van der Waals surface area contributed by atoms with Gasteiger partial charge in [-0.15, -0.1) is 0 Å². The van der Waals surface area contributed by atoms with E-state index in [9.17, 15) is 23.5 Å². The van der Waals surface area contributed by atoms with Crippen molar-refractivity contribution in [2.75, 3.05) is 6.54 Å². The fourth-order valence-electron chi connectivity index (χ4n) is 2.06. The molecular formula is C14H24F2N2O5. The zero-order valence-corrected chi connectivity index (χ0v) is 13.7. The maximum absolute atomic E-state index is 14.0. The standard InChI is InChI=1S/C14H24F2N2O5/c1-5-6-8(19)22-10-9(11(20)17-7-14(10,15)16)18-12(21)23-13(2,3)4/h9-11,17,20H,5-7H2,1-4H3,(H,18,21)/t9-,10?,11?/m0/s1. The molecule has 0 aromatic carbocycles. The highest BCUT2D eigenvalue weighted by Crippen LogP contribution is 2.29. The highest BCUT2D eigenvalue weighted by Gasteiger charge is 2.54. The normalized spacial score (nSPS) is 27.2. The van der Waals surface area contributed by atoms with Crippen LogP contribution in [0.4, 0.5) is 13.6 Å². The molecule has 0 radical (unpaired) electrons. The lowest BCUT2D eigenvalue weighted by molar-refractivity contribution is -0.197. The van der Waals surface area contributed by atoms with E-state index in [1.54, 1.807) is 27.7 Å². The molecule has 134 valence electrons. The second-order valence-corrected chi connectivity index (χ2v) is 6.42. The summed E-state index contributed by atoms with van der Waals surface area (Å²) < 4.78 is 37.9. The smallest absolute Gasteiger partial charge is 0.408 e. The van der Waals surface area contributed by atoms with Crippen molar-refractivity contribution in [1.29, 1.82) is 0 Å². The molecule has 0 spiro atoms. The molecule has 1 saturated heterocycles. The van der Waals surface area contributed by atoms with Crippen LogP contribution in [0.3, 0.4) is 0 Å². The fraction of sp³-hybridized carbons (Fsp3) is 0.857. The number of carbonyl (C=O) groups excluding carboxylic acids is 2. The van der Waals surface area contributed by atoms with Gasteiger partial charge in [0.2, 0.25) is 0 Å². The second kappa shape index (κ2) is 7.39. The van der Waals surface area contributed by atoms with Crippen LogP contribution in [-0.4, -0.2) is 53.6 Å². The van der Waals surface area contributed by atoms with E-state index >= 15 is 0 Å². The van der Waals surface area contributed by atoms with Gasteiger partial charge in [-0.05, 0) is 27.2 Å². The lowest BCUT2D eigenvalue weighted by atomic mass is 9.98. The number of nitrogens with one attached hydrogen (secondary N) is 2. The third-order valence-corrected chi connectivity index (χ3v) is 3.03. The van der Waals surface area contributed by atoms with Crippen LogP contribution in [0.25, 0.3) is 0 Å². The molecule has 23 heavy (non-hydrogen) atoms. The number of amides is 1. The highest BCUT2D eigenvalue weighted by atomic mass is 19.3. The number of rotatable bonds is 4. The first-order valence-corrected chi connectivity index (χ1v) is 7.44. The van der Waals surface area contributed by atoms with E-state index in [1.165, 1.54) is 0 Å². The summed E-state index contributed by atoms with van der Waals surface area (Å²) in [5.74, 6) is -4.26. The lowest BCUT2D eigenvalue weighted by Gasteiger charge is -2.40. The number of alkyl halides is 2. The third kappa shape index (κ3) is 5.91. The number of alkyl carbamates (subject to hydrolysis) is 1. The summed E-state index contributed by atoms with van der Waals surface area (Å²) in [5, 5.41) is 14.2. The van der Waals surface area contributed by atoms with Gasteiger partial charge in [0.15, 0.2) is 6.10 Å². The Morgan fingerprint density at radius 1 is 1.39 bits per heavy atom. The van der Waals surface area contributed by atoms with Crippen molar-refractivity contribution in [2.24, 2.45) is 0 Å². The van der Waals surface area contributed by atoms with E-state index in [0.29, 0.717) is 6.42 Å². The van der Waals surface area contributed by atoms with Crippen molar-refractivity contribution in [3.05, 3.63) is 0 Å². The number of hydrogen-bond acceptors (Lipinski definition) is 6. The Labute approximate surface area is 133 Å². The number of piperidine rings is 1. The molecule has 0 bridgehead atoms. The zero-order valence-electron chi connectivity index (χ0n) is 13.7.